The van der Waals surface area contributed by atoms with Crippen molar-refractivity contribution in [1.29, 1.82) is 0 Å². The van der Waals surface area contributed by atoms with Gasteiger partial charge in [-0.05, 0) is 38.6 Å². The van der Waals surface area contributed by atoms with Gasteiger partial charge in [-0.25, -0.2) is 0 Å². The fourth-order valence-corrected chi connectivity index (χ4v) is 3.28. The van der Waals surface area contributed by atoms with E-state index in [9.17, 15) is 0 Å². The zero-order chi connectivity index (χ0) is 9.38. The van der Waals surface area contributed by atoms with Crippen LogP contribution in [0.5, 0.6) is 0 Å². The Labute approximate surface area is 87.0 Å². The lowest BCUT2D eigenvalue weighted by Gasteiger charge is -2.30. The van der Waals surface area contributed by atoms with Crippen LogP contribution in [0.4, 0.5) is 0 Å². The van der Waals surface area contributed by atoms with Crippen molar-refractivity contribution in [2.45, 2.75) is 63.1 Å². The number of hydrogen-bond donors (Lipinski definition) is 1. The number of rotatable bonds is 2. The Balaban J connectivity index is 1.52. The summed E-state index contributed by atoms with van der Waals surface area (Å²) in [5.41, 5.74) is 0. The van der Waals surface area contributed by atoms with Gasteiger partial charge >= 0.3 is 0 Å². The minimum absolute atomic E-state index is 0.823. The zero-order valence-electron chi connectivity index (χ0n) is 9.04. The Kier molecular flexibility index (Phi) is 2.50. The van der Waals surface area contributed by atoms with Gasteiger partial charge in [0.2, 0.25) is 0 Å². The molecule has 0 aromatic rings. The summed E-state index contributed by atoms with van der Waals surface area (Å²) >= 11 is 0. The molecule has 2 saturated heterocycles. The monoisotopic (exact) mass is 194 g/mol. The average Bonchev–Trinajstić information content (AvgIpc) is 2.53. The lowest BCUT2D eigenvalue weighted by molar-refractivity contribution is 0.196. The predicted molar refractivity (Wildman–Crippen MR) is 58.4 cm³/mol. The molecule has 2 atom stereocenters. The maximum atomic E-state index is 3.83. The first kappa shape index (κ1) is 9.17. The quantitative estimate of drug-likeness (QED) is 0.720. The van der Waals surface area contributed by atoms with Crippen LogP contribution in [0.3, 0.4) is 0 Å². The lowest BCUT2D eigenvalue weighted by atomic mass is 9.92. The normalized spacial score (nSPS) is 39.4. The van der Waals surface area contributed by atoms with E-state index in [1.807, 2.05) is 0 Å². The van der Waals surface area contributed by atoms with Crippen LogP contribution in [-0.4, -0.2) is 36.1 Å². The van der Waals surface area contributed by atoms with Crippen molar-refractivity contribution >= 4 is 0 Å². The molecule has 80 valence electrons. The molecule has 2 unspecified atom stereocenters. The van der Waals surface area contributed by atoms with Gasteiger partial charge in [0, 0.05) is 24.7 Å². The summed E-state index contributed by atoms with van der Waals surface area (Å²) in [7, 11) is 0. The highest BCUT2D eigenvalue weighted by molar-refractivity contribution is 4.93. The molecule has 14 heavy (non-hydrogen) atoms. The van der Waals surface area contributed by atoms with Crippen molar-refractivity contribution in [2.75, 3.05) is 13.1 Å². The van der Waals surface area contributed by atoms with E-state index >= 15 is 0 Å². The molecule has 2 heterocycles. The van der Waals surface area contributed by atoms with Crippen molar-refractivity contribution in [2.24, 2.45) is 0 Å². The van der Waals surface area contributed by atoms with E-state index in [1.165, 1.54) is 58.0 Å². The zero-order valence-corrected chi connectivity index (χ0v) is 9.04. The Morgan fingerprint density at radius 3 is 2.57 bits per heavy atom. The van der Waals surface area contributed by atoms with E-state index in [2.05, 4.69) is 10.2 Å². The van der Waals surface area contributed by atoms with Gasteiger partial charge in [-0.2, -0.15) is 0 Å². The fraction of sp³-hybridized carbons (Fsp3) is 1.00. The summed E-state index contributed by atoms with van der Waals surface area (Å²) in [6.07, 6.45) is 10.1. The smallest absolute Gasteiger partial charge is 0.0212 e. The third-order valence-electron chi connectivity index (χ3n) is 4.34. The Morgan fingerprint density at radius 1 is 0.929 bits per heavy atom. The molecular weight excluding hydrogens is 172 g/mol. The molecule has 3 fully saturated rings. The molecular formula is C12H22N2. The summed E-state index contributed by atoms with van der Waals surface area (Å²) in [5.74, 6) is 0. The van der Waals surface area contributed by atoms with Gasteiger partial charge in [0.15, 0.2) is 0 Å². The van der Waals surface area contributed by atoms with Gasteiger partial charge in [0.1, 0.15) is 0 Å². The van der Waals surface area contributed by atoms with Gasteiger partial charge < -0.3 is 5.32 Å². The van der Waals surface area contributed by atoms with Crippen LogP contribution in [0, 0.1) is 0 Å². The first-order valence-corrected chi connectivity index (χ1v) is 6.42. The topological polar surface area (TPSA) is 15.3 Å². The minimum atomic E-state index is 0.823. The summed E-state index contributed by atoms with van der Waals surface area (Å²) in [4.78, 5) is 2.72. The maximum absolute atomic E-state index is 3.83. The summed E-state index contributed by atoms with van der Waals surface area (Å²) < 4.78 is 0. The molecule has 1 saturated carbocycles. The first-order chi connectivity index (χ1) is 6.92. The van der Waals surface area contributed by atoms with E-state index in [0.29, 0.717) is 0 Å². The third-order valence-corrected chi connectivity index (χ3v) is 4.34. The predicted octanol–water partition coefficient (Wildman–Crippen LogP) is 1.76. The van der Waals surface area contributed by atoms with Gasteiger partial charge in [-0.3, -0.25) is 4.90 Å². The van der Waals surface area contributed by atoms with Crippen LogP contribution in [0.2, 0.25) is 0 Å². The largest absolute Gasteiger partial charge is 0.310 e. The highest BCUT2D eigenvalue weighted by atomic mass is 15.2. The lowest BCUT2D eigenvalue weighted by Crippen LogP contribution is -2.43. The molecule has 0 amide bonds. The van der Waals surface area contributed by atoms with E-state index in [1.54, 1.807) is 0 Å². The second kappa shape index (κ2) is 3.82. The van der Waals surface area contributed by atoms with E-state index in [-0.39, 0.29) is 0 Å². The van der Waals surface area contributed by atoms with Crippen molar-refractivity contribution < 1.29 is 0 Å². The fourth-order valence-electron chi connectivity index (χ4n) is 3.28. The Bertz CT molecular complexity index is 186. The van der Waals surface area contributed by atoms with Crippen molar-refractivity contribution in [3.05, 3.63) is 0 Å². The molecule has 1 N–H and O–H groups in total. The number of hydrogen-bond acceptors (Lipinski definition) is 2. The van der Waals surface area contributed by atoms with Crippen LogP contribution >= 0.6 is 0 Å². The average molecular weight is 194 g/mol. The summed E-state index contributed by atoms with van der Waals surface area (Å²) in [6.45, 7) is 2.70. The highest BCUT2D eigenvalue weighted by Gasteiger charge is 2.34. The SMILES string of the molecule is C1CC(NC2CC3CCCCN3C2)C1. The molecule has 2 aliphatic heterocycles. The third kappa shape index (κ3) is 1.70. The summed E-state index contributed by atoms with van der Waals surface area (Å²) in [6, 6.07) is 2.63. The molecule has 0 bridgehead atoms. The van der Waals surface area contributed by atoms with Gasteiger partial charge in [-0.1, -0.05) is 12.8 Å². The molecule has 0 radical (unpaired) electrons. The van der Waals surface area contributed by atoms with E-state index < -0.39 is 0 Å². The van der Waals surface area contributed by atoms with Crippen molar-refractivity contribution in [3.8, 4) is 0 Å². The molecule has 3 aliphatic rings. The second-order valence-electron chi connectivity index (χ2n) is 5.37. The molecule has 0 aromatic carbocycles. The highest BCUT2D eigenvalue weighted by Crippen LogP contribution is 2.28. The Hall–Kier alpha value is -0.0800. The van der Waals surface area contributed by atoms with Crippen LogP contribution in [0.25, 0.3) is 0 Å². The molecule has 0 spiro atoms. The number of fused-ring (bicyclic) bond motifs is 1. The molecule has 3 rings (SSSR count). The van der Waals surface area contributed by atoms with E-state index in [0.717, 1.165) is 18.1 Å². The number of nitrogens with zero attached hydrogens (tertiary/aromatic N) is 1. The van der Waals surface area contributed by atoms with Crippen LogP contribution < -0.4 is 5.32 Å². The number of nitrogens with one attached hydrogen (secondary N) is 1. The Morgan fingerprint density at radius 2 is 1.86 bits per heavy atom. The number of piperidine rings is 1. The van der Waals surface area contributed by atoms with Gasteiger partial charge in [-0.15, -0.1) is 0 Å². The van der Waals surface area contributed by atoms with Crippen LogP contribution in [0.1, 0.15) is 44.9 Å². The molecule has 0 aromatic heterocycles. The maximum Gasteiger partial charge on any atom is 0.0212 e. The van der Waals surface area contributed by atoms with Gasteiger partial charge in [0.05, 0.1) is 0 Å². The molecule has 1 aliphatic carbocycles. The minimum Gasteiger partial charge on any atom is -0.310 e. The van der Waals surface area contributed by atoms with Crippen molar-refractivity contribution in [1.82, 2.24) is 10.2 Å². The van der Waals surface area contributed by atoms with E-state index in [4.69, 9.17) is 0 Å². The molecule has 2 nitrogen and oxygen atoms in total. The van der Waals surface area contributed by atoms with Crippen LogP contribution in [0.15, 0.2) is 0 Å². The summed E-state index contributed by atoms with van der Waals surface area (Å²) in [5, 5.41) is 3.83. The van der Waals surface area contributed by atoms with Gasteiger partial charge in [0.25, 0.3) is 0 Å². The first-order valence-electron chi connectivity index (χ1n) is 6.42. The molecule has 2 heteroatoms. The second-order valence-corrected chi connectivity index (χ2v) is 5.37. The van der Waals surface area contributed by atoms with Crippen LogP contribution in [-0.2, 0) is 0 Å². The standard InChI is InChI=1S/C12H22N2/c1-2-7-14-9-11(8-12(14)6-1)13-10-4-3-5-10/h10-13H,1-9H2. The van der Waals surface area contributed by atoms with Crippen molar-refractivity contribution in [3.63, 3.8) is 0 Å².